The van der Waals surface area contributed by atoms with Crippen LogP contribution in [0.2, 0.25) is 0 Å². The molecule has 0 heterocycles. The van der Waals surface area contributed by atoms with Gasteiger partial charge in [0.05, 0.1) is 0 Å². The fourth-order valence-electron chi connectivity index (χ4n) is 1.63. The predicted octanol–water partition coefficient (Wildman–Crippen LogP) is 0.957. The third-order valence-corrected chi connectivity index (χ3v) is 4.15. The van der Waals surface area contributed by atoms with E-state index >= 15 is 0 Å². The van der Waals surface area contributed by atoms with Crippen molar-refractivity contribution in [3.8, 4) is 0 Å². The monoisotopic (exact) mass is 271 g/mol. The summed E-state index contributed by atoms with van der Waals surface area (Å²) in [7, 11) is 3.61. The first-order chi connectivity index (χ1) is 8.24. The van der Waals surface area contributed by atoms with Gasteiger partial charge in [0.15, 0.2) is 0 Å². The van der Waals surface area contributed by atoms with Crippen LogP contribution >= 0.6 is 0 Å². The Hall–Kier alpha value is -1.11. The number of hydrogen-bond acceptors (Lipinski definition) is 3. The summed E-state index contributed by atoms with van der Waals surface area (Å²) in [5.74, 6) is 0. The molecule has 1 aromatic carbocycles. The zero-order chi connectivity index (χ0) is 13.9. The van der Waals surface area contributed by atoms with Crippen LogP contribution in [0.25, 0.3) is 0 Å². The highest BCUT2D eigenvalue weighted by Crippen LogP contribution is 2.19. The Bertz CT molecular complexity index is 510. The number of rotatable bonds is 5. The summed E-state index contributed by atoms with van der Waals surface area (Å²) in [6, 6.07) is 5.92. The van der Waals surface area contributed by atoms with Crippen LogP contribution in [0.15, 0.2) is 18.2 Å². The van der Waals surface area contributed by atoms with Gasteiger partial charge < -0.3 is 4.90 Å². The fraction of sp³-hybridized carbons (Fsp3) is 0.500. The van der Waals surface area contributed by atoms with Gasteiger partial charge in [0.2, 0.25) is 0 Å². The molecular formula is C12H21N3O2S. The van der Waals surface area contributed by atoms with E-state index < -0.39 is 10.2 Å². The Balaban J connectivity index is 2.79. The third-order valence-electron chi connectivity index (χ3n) is 2.68. The molecule has 5 nitrogen and oxygen atoms in total. The van der Waals surface area contributed by atoms with Gasteiger partial charge in [-0.25, -0.2) is 0 Å². The summed E-state index contributed by atoms with van der Waals surface area (Å²) in [6.07, 6.45) is 0. The molecule has 102 valence electrons. The van der Waals surface area contributed by atoms with Crippen LogP contribution in [0, 0.1) is 6.92 Å². The number of nitrogens with one attached hydrogen (secondary N) is 1. The second-order valence-corrected chi connectivity index (χ2v) is 6.59. The van der Waals surface area contributed by atoms with Gasteiger partial charge in [-0.15, -0.1) is 0 Å². The van der Waals surface area contributed by atoms with Gasteiger partial charge in [0.25, 0.3) is 10.2 Å². The standard InChI is InChI=1S/C12H21N3O2S/c1-10-8-11(6-7-12(10)14(2)3)9-13-18(16,17)15(4)5/h6-8,13H,9H2,1-5H3. The first kappa shape index (κ1) is 14.9. The molecule has 6 heteroatoms. The molecule has 0 amide bonds. The van der Waals surface area contributed by atoms with E-state index in [1.165, 1.54) is 14.1 Å². The lowest BCUT2D eigenvalue weighted by atomic mass is 10.1. The van der Waals surface area contributed by atoms with E-state index in [1.807, 2.05) is 44.1 Å². The number of hydrogen-bond donors (Lipinski definition) is 1. The van der Waals surface area contributed by atoms with E-state index in [0.717, 1.165) is 21.1 Å². The molecule has 1 aromatic rings. The van der Waals surface area contributed by atoms with Gasteiger partial charge in [0, 0.05) is 40.4 Å². The van der Waals surface area contributed by atoms with Gasteiger partial charge in [-0.05, 0) is 24.1 Å². The van der Waals surface area contributed by atoms with Crippen molar-refractivity contribution < 1.29 is 8.42 Å². The summed E-state index contributed by atoms with van der Waals surface area (Å²) in [5, 5.41) is 0. The van der Waals surface area contributed by atoms with Gasteiger partial charge in [-0.1, -0.05) is 12.1 Å². The summed E-state index contributed by atoms with van der Waals surface area (Å²) < 4.78 is 26.8. The molecule has 0 aliphatic rings. The quantitative estimate of drug-likeness (QED) is 0.868. The molecule has 0 atom stereocenters. The lowest BCUT2D eigenvalue weighted by Crippen LogP contribution is -2.35. The normalized spacial score (nSPS) is 11.9. The second kappa shape index (κ2) is 5.69. The van der Waals surface area contributed by atoms with E-state index in [0.29, 0.717) is 6.54 Å². The van der Waals surface area contributed by atoms with Crippen molar-refractivity contribution in [2.75, 3.05) is 33.1 Å². The maximum absolute atomic E-state index is 11.6. The van der Waals surface area contributed by atoms with Crippen molar-refractivity contribution in [1.82, 2.24) is 9.03 Å². The smallest absolute Gasteiger partial charge is 0.279 e. The van der Waals surface area contributed by atoms with Crippen molar-refractivity contribution in [2.24, 2.45) is 0 Å². The minimum absolute atomic E-state index is 0.301. The average Bonchev–Trinajstić information content (AvgIpc) is 2.25. The van der Waals surface area contributed by atoms with E-state index in [-0.39, 0.29) is 0 Å². The Kier molecular flexibility index (Phi) is 4.72. The molecule has 0 saturated heterocycles. The SMILES string of the molecule is Cc1cc(CNS(=O)(=O)N(C)C)ccc1N(C)C. The first-order valence-electron chi connectivity index (χ1n) is 5.68. The minimum Gasteiger partial charge on any atom is -0.377 e. The van der Waals surface area contributed by atoms with E-state index in [2.05, 4.69) is 4.72 Å². The zero-order valence-corrected chi connectivity index (χ0v) is 12.4. The second-order valence-electron chi connectivity index (χ2n) is 4.62. The maximum atomic E-state index is 11.6. The highest BCUT2D eigenvalue weighted by atomic mass is 32.2. The Morgan fingerprint density at radius 2 is 1.78 bits per heavy atom. The van der Waals surface area contributed by atoms with E-state index in [1.54, 1.807) is 0 Å². The first-order valence-corrected chi connectivity index (χ1v) is 7.12. The molecular weight excluding hydrogens is 250 g/mol. The van der Waals surface area contributed by atoms with Crippen LogP contribution in [-0.2, 0) is 16.8 Å². The molecule has 0 saturated carbocycles. The molecule has 0 aliphatic heterocycles. The van der Waals surface area contributed by atoms with Gasteiger partial charge in [-0.2, -0.15) is 17.4 Å². The van der Waals surface area contributed by atoms with Crippen molar-refractivity contribution >= 4 is 15.9 Å². The molecule has 0 aliphatic carbocycles. The lowest BCUT2D eigenvalue weighted by Gasteiger charge is -2.17. The molecule has 0 fully saturated rings. The molecule has 0 radical (unpaired) electrons. The number of nitrogens with zero attached hydrogens (tertiary/aromatic N) is 2. The highest BCUT2D eigenvalue weighted by Gasteiger charge is 2.12. The van der Waals surface area contributed by atoms with Crippen LogP contribution < -0.4 is 9.62 Å². The fourth-order valence-corrected chi connectivity index (χ4v) is 2.24. The number of aryl methyl sites for hydroxylation is 1. The van der Waals surface area contributed by atoms with Crippen molar-refractivity contribution in [3.05, 3.63) is 29.3 Å². The van der Waals surface area contributed by atoms with Crippen LogP contribution in [0.4, 0.5) is 5.69 Å². The Morgan fingerprint density at radius 1 is 1.17 bits per heavy atom. The predicted molar refractivity (Wildman–Crippen MR) is 75.0 cm³/mol. The zero-order valence-electron chi connectivity index (χ0n) is 11.6. The minimum atomic E-state index is -3.36. The molecule has 0 bridgehead atoms. The average molecular weight is 271 g/mol. The highest BCUT2D eigenvalue weighted by molar-refractivity contribution is 7.87. The summed E-state index contributed by atoms with van der Waals surface area (Å²) in [4.78, 5) is 2.03. The van der Waals surface area contributed by atoms with Gasteiger partial charge >= 0.3 is 0 Å². The van der Waals surface area contributed by atoms with Gasteiger partial charge in [0.1, 0.15) is 0 Å². The lowest BCUT2D eigenvalue weighted by molar-refractivity contribution is 0.505. The number of anilines is 1. The van der Waals surface area contributed by atoms with Gasteiger partial charge in [-0.3, -0.25) is 0 Å². The largest absolute Gasteiger partial charge is 0.377 e. The third kappa shape index (κ3) is 3.69. The van der Waals surface area contributed by atoms with Crippen molar-refractivity contribution in [1.29, 1.82) is 0 Å². The summed E-state index contributed by atoms with van der Waals surface area (Å²) >= 11 is 0. The topological polar surface area (TPSA) is 52.7 Å². The van der Waals surface area contributed by atoms with Crippen molar-refractivity contribution in [2.45, 2.75) is 13.5 Å². The van der Waals surface area contributed by atoms with Crippen LogP contribution in [0.5, 0.6) is 0 Å². The summed E-state index contributed by atoms with van der Waals surface area (Å²) in [6.45, 7) is 2.31. The maximum Gasteiger partial charge on any atom is 0.279 e. The molecule has 0 spiro atoms. The molecule has 0 unspecified atom stereocenters. The molecule has 18 heavy (non-hydrogen) atoms. The molecule has 1 N–H and O–H groups in total. The molecule has 1 rings (SSSR count). The van der Waals surface area contributed by atoms with E-state index in [9.17, 15) is 8.42 Å². The van der Waals surface area contributed by atoms with Crippen molar-refractivity contribution in [3.63, 3.8) is 0 Å². The van der Waals surface area contributed by atoms with Crippen LogP contribution in [0.1, 0.15) is 11.1 Å². The summed E-state index contributed by atoms with van der Waals surface area (Å²) in [5.41, 5.74) is 3.21. The Morgan fingerprint density at radius 3 is 2.22 bits per heavy atom. The molecule has 0 aromatic heterocycles. The van der Waals surface area contributed by atoms with Crippen LogP contribution in [0.3, 0.4) is 0 Å². The number of benzene rings is 1. The van der Waals surface area contributed by atoms with Crippen LogP contribution in [-0.4, -0.2) is 40.9 Å². The van der Waals surface area contributed by atoms with E-state index in [4.69, 9.17) is 0 Å². The Labute approximate surface area is 110 Å².